The second-order valence-corrected chi connectivity index (χ2v) is 12.4. The van der Waals surface area contributed by atoms with Crippen LogP contribution < -0.4 is 11.1 Å². The Hall–Kier alpha value is -6.79. The topological polar surface area (TPSA) is 61.8 Å². The zero-order chi connectivity index (χ0) is 32.6. The minimum absolute atomic E-state index is 0.365. The van der Waals surface area contributed by atoms with Crippen LogP contribution in [-0.2, 0) is 0 Å². The minimum atomic E-state index is -0.373. The molecule has 0 aliphatic carbocycles. The molecule has 49 heavy (non-hydrogen) atoms. The molecule has 0 radical (unpaired) electrons. The van der Waals surface area contributed by atoms with Crippen LogP contribution >= 0.6 is 0 Å². The maximum absolute atomic E-state index is 14.4. The van der Waals surface area contributed by atoms with Crippen molar-refractivity contribution in [1.29, 1.82) is 0 Å². The predicted octanol–water partition coefficient (Wildman–Crippen LogP) is 9.09. The lowest BCUT2D eigenvalue weighted by atomic mass is 10.1. The Balaban J connectivity index is 1.34. The van der Waals surface area contributed by atoms with Crippen molar-refractivity contribution < 1.29 is 0 Å². The fourth-order valence-electron chi connectivity index (χ4n) is 7.59. The first-order chi connectivity index (χ1) is 24.2. The monoisotopic (exact) mass is 630 g/mol. The van der Waals surface area contributed by atoms with E-state index in [0.29, 0.717) is 27.2 Å². The third-order valence-corrected chi connectivity index (χ3v) is 9.73. The van der Waals surface area contributed by atoms with Crippen molar-refractivity contribution in [2.24, 2.45) is 0 Å². The van der Waals surface area contributed by atoms with E-state index in [4.69, 9.17) is 0 Å². The highest BCUT2D eigenvalue weighted by molar-refractivity contribution is 6.18. The van der Waals surface area contributed by atoms with Gasteiger partial charge in [0.1, 0.15) is 0 Å². The van der Waals surface area contributed by atoms with Gasteiger partial charge in [-0.15, -0.1) is 0 Å². The van der Waals surface area contributed by atoms with E-state index in [-0.39, 0.29) is 11.1 Å². The second-order valence-electron chi connectivity index (χ2n) is 12.4. The molecular formula is C43H26N4O2. The van der Waals surface area contributed by atoms with E-state index in [9.17, 15) is 9.59 Å². The summed E-state index contributed by atoms with van der Waals surface area (Å²) in [6, 6.07) is 48.7. The molecule has 6 aromatic carbocycles. The molecule has 0 N–H and O–H groups in total. The molecule has 0 aliphatic rings. The lowest BCUT2D eigenvalue weighted by molar-refractivity contribution is 0.976. The van der Waals surface area contributed by atoms with Crippen molar-refractivity contribution in [3.8, 4) is 17.1 Å². The number of aromatic nitrogens is 4. The lowest BCUT2D eigenvalue weighted by Crippen LogP contribution is -2.28. The predicted molar refractivity (Wildman–Crippen MR) is 200 cm³/mol. The van der Waals surface area contributed by atoms with Gasteiger partial charge in [0.2, 0.25) is 0 Å². The minimum Gasteiger partial charge on any atom is -0.309 e. The van der Waals surface area contributed by atoms with E-state index in [1.807, 2.05) is 42.5 Å². The number of rotatable bonds is 3. The Morgan fingerprint density at radius 1 is 0.347 bits per heavy atom. The summed E-state index contributed by atoms with van der Waals surface area (Å²) in [7, 11) is 0. The van der Waals surface area contributed by atoms with Crippen molar-refractivity contribution in [3.63, 3.8) is 0 Å². The van der Waals surface area contributed by atoms with Gasteiger partial charge in [-0.25, -0.2) is 4.57 Å². The second kappa shape index (κ2) is 10.4. The molecule has 0 aliphatic heterocycles. The van der Waals surface area contributed by atoms with Gasteiger partial charge in [-0.3, -0.25) is 14.6 Å². The molecule has 0 saturated carbocycles. The zero-order valence-electron chi connectivity index (χ0n) is 26.1. The fourth-order valence-corrected chi connectivity index (χ4v) is 7.59. The summed E-state index contributed by atoms with van der Waals surface area (Å²) in [6.45, 7) is 0. The van der Waals surface area contributed by atoms with E-state index in [1.54, 1.807) is 30.6 Å². The molecule has 0 spiro atoms. The van der Waals surface area contributed by atoms with Crippen LogP contribution in [0.25, 0.3) is 82.2 Å². The summed E-state index contributed by atoms with van der Waals surface area (Å²) in [5.74, 6) is 0. The third-order valence-electron chi connectivity index (χ3n) is 9.73. The molecule has 0 bridgehead atoms. The Bertz CT molecular complexity index is 3080. The number of para-hydroxylation sites is 4. The van der Waals surface area contributed by atoms with Gasteiger partial charge in [-0.1, -0.05) is 72.8 Å². The first kappa shape index (κ1) is 27.3. The summed E-state index contributed by atoms with van der Waals surface area (Å²) < 4.78 is 5.86. The van der Waals surface area contributed by atoms with Gasteiger partial charge in [-0.05, 0) is 78.2 Å². The van der Waals surface area contributed by atoms with Crippen LogP contribution in [0.1, 0.15) is 0 Å². The lowest BCUT2D eigenvalue weighted by Gasteiger charge is -2.10. The van der Waals surface area contributed by atoms with Crippen molar-refractivity contribution >= 4 is 65.2 Å². The first-order valence-electron chi connectivity index (χ1n) is 16.2. The molecule has 0 saturated heterocycles. The van der Waals surface area contributed by atoms with Crippen molar-refractivity contribution in [1.82, 2.24) is 18.7 Å². The van der Waals surface area contributed by atoms with E-state index in [0.717, 1.165) is 49.6 Å². The molecule has 6 heteroatoms. The molecule has 0 amide bonds. The van der Waals surface area contributed by atoms with Crippen LogP contribution in [0.2, 0.25) is 0 Å². The Morgan fingerprint density at radius 3 is 1.59 bits per heavy atom. The molecule has 4 heterocycles. The van der Waals surface area contributed by atoms with Gasteiger partial charge in [0.05, 0.1) is 33.1 Å². The number of benzene rings is 6. The molecule has 0 fully saturated rings. The largest absolute Gasteiger partial charge is 0.309 e. The average Bonchev–Trinajstić information content (AvgIpc) is 3.64. The molecule has 6 nitrogen and oxygen atoms in total. The average molecular weight is 631 g/mol. The summed E-state index contributed by atoms with van der Waals surface area (Å²) in [4.78, 5) is 32.9. The van der Waals surface area contributed by atoms with E-state index in [2.05, 4.69) is 99.0 Å². The molecule has 10 aromatic rings. The molecule has 0 unspecified atom stereocenters. The highest BCUT2D eigenvalue weighted by Gasteiger charge is 2.19. The van der Waals surface area contributed by atoms with Crippen LogP contribution in [0, 0.1) is 0 Å². The fraction of sp³-hybridized carbons (Fsp3) is 0. The normalized spacial score (nSPS) is 11.8. The summed E-state index contributed by atoms with van der Waals surface area (Å²) in [6.07, 6.45) is 3.29. The number of fused-ring (bicyclic) bond motifs is 9. The molecule has 0 atom stereocenters. The molecule has 230 valence electrons. The number of hydrogen-bond acceptors (Lipinski definition) is 3. The van der Waals surface area contributed by atoms with E-state index >= 15 is 0 Å². The Labute approximate surface area is 279 Å². The number of hydrogen-bond donors (Lipinski definition) is 0. The molecule has 10 rings (SSSR count). The Kier molecular flexibility index (Phi) is 5.78. The van der Waals surface area contributed by atoms with Crippen LogP contribution in [0.4, 0.5) is 0 Å². The summed E-state index contributed by atoms with van der Waals surface area (Å²) in [5.41, 5.74) is 6.13. The third kappa shape index (κ3) is 3.92. The van der Waals surface area contributed by atoms with Crippen LogP contribution in [0.5, 0.6) is 0 Å². The highest BCUT2D eigenvalue weighted by atomic mass is 16.2. The van der Waals surface area contributed by atoms with Gasteiger partial charge in [-0.2, -0.15) is 0 Å². The first-order valence-corrected chi connectivity index (χ1v) is 16.2. The molecular weight excluding hydrogens is 604 g/mol. The van der Waals surface area contributed by atoms with Crippen molar-refractivity contribution in [2.75, 3.05) is 0 Å². The van der Waals surface area contributed by atoms with Gasteiger partial charge in [0.15, 0.2) is 0 Å². The Morgan fingerprint density at radius 2 is 0.898 bits per heavy atom. The summed E-state index contributed by atoms with van der Waals surface area (Å²) >= 11 is 0. The van der Waals surface area contributed by atoms with Gasteiger partial charge in [0, 0.05) is 56.1 Å². The van der Waals surface area contributed by atoms with Crippen molar-refractivity contribution in [2.45, 2.75) is 0 Å². The highest BCUT2D eigenvalue weighted by Crippen LogP contribution is 2.38. The van der Waals surface area contributed by atoms with Crippen LogP contribution in [0.15, 0.2) is 168 Å². The van der Waals surface area contributed by atoms with Gasteiger partial charge in [0.25, 0.3) is 11.1 Å². The summed E-state index contributed by atoms with van der Waals surface area (Å²) in [5, 5.41) is 6.47. The maximum atomic E-state index is 14.4. The number of pyridine rings is 1. The molecule has 4 aromatic heterocycles. The van der Waals surface area contributed by atoms with Crippen molar-refractivity contribution in [3.05, 3.63) is 179 Å². The van der Waals surface area contributed by atoms with Crippen LogP contribution in [0.3, 0.4) is 0 Å². The van der Waals surface area contributed by atoms with Gasteiger partial charge >= 0.3 is 0 Å². The standard InChI is InChI=1S/C43H26N4O2/c48-42-32-21-22-44-26-37(32)33-25-41-35(24-36(33)43(49)47(42)28-13-5-2-6-14-28)31-16-8-10-18-39(31)46(41)29-19-20-40-34(23-29)30-15-7-9-17-38(30)45(40)27-11-3-1-4-12-27/h1-26H. The van der Waals surface area contributed by atoms with E-state index < -0.39 is 0 Å². The number of nitrogens with zero attached hydrogens (tertiary/aromatic N) is 4. The smallest absolute Gasteiger partial charge is 0.266 e. The maximum Gasteiger partial charge on any atom is 0.266 e. The van der Waals surface area contributed by atoms with Crippen LogP contribution in [-0.4, -0.2) is 18.7 Å². The SMILES string of the molecule is O=c1c2ccncc2c2cc3c(cc2c(=O)n1-c1ccccc1)c1ccccc1n3-c1ccc2c(c1)c1ccccc1n2-c1ccccc1. The van der Waals surface area contributed by atoms with E-state index in [1.165, 1.54) is 9.95 Å². The zero-order valence-corrected chi connectivity index (χ0v) is 26.1. The van der Waals surface area contributed by atoms with Gasteiger partial charge < -0.3 is 9.13 Å². The quantitative estimate of drug-likeness (QED) is 0.196.